The molecule has 0 spiro atoms. The second-order valence-corrected chi connectivity index (χ2v) is 5.43. The summed E-state index contributed by atoms with van der Waals surface area (Å²) in [5.74, 6) is 2.00. The van der Waals surface area contributed by atoms with Crippen LogP contribution in [0.25, 0.3) is 10.8 Å². The number of rotatable bonds is 0. The molecule has 2 heteroatoms. The monoisotopic (exact) mass is 240 g/mol. The first-order chi connectivity index (χ1) is 8.74. The van der Waals surface area contributed by atoms with Gasteiger partial charge < -0.3 is 9.47 Å². The Morgan fingerprint density at radius 1 is 0.833 bits per heavy atom. The molecule has 2 heterocycles. The zero-order valence-electron chi connectivity index (χ0n) is 10.7. The first-order valence-corrected chi connectivity index (χ1v) is 6.64. The van der Waals surface area contributed by atoms with Crippen molar-refractivity contribution in [1.29, 1.82) is 0 Å². The van der Waals surface area contributed by atoms with E-state index in [1.165, 1.54) is 21.9 Å². The van der Waals surface area contributed by atoms with Crippen LogP contribution in [0.3, 0.4) is 0 Å². The Morgan fingerprint density at radius 3 is 1.72 bits per heavy atom. The van der Waals surface area contributed by atoms with Crippen LogP contribution < -0.4 is 9.47 Å². The third kappa shape index (κ3) is 1.23. The van der Waals surface area contributed by atoms with E-state index >= 15 is 0 Å². The van der Waals surface area contributed by atoms with Gasteiger partial charge in [0.15, 0.2) is 11.5 Å². The van der Waals surface area contributed by atoms with Crippen molar-refractivity contribution in [3.63, 3.8) is 0 Å². The first kappa shape index (κ1) is 10.2. The first-order valence-electron chi connectivity index (χ1n) is 6.64. The summed E-state index contributed by atoms with van der Waals surface area (Å²) in [5.41, 5.74) is 2.65. The van der Waals surface area contributed by atoms with E-state index in [1.807, 2.05) is 0 Å². The molecule has 0 bridgehead atoms. The average molecular weight is 240 g/mol. The van der Waals surface area contributed by atoms with Gasteiger partial charge in [0, 0.05) is 24.0 Å². The molecule has 2 aromatic carbocycles. The van der Waals surface area contributed by atoms with Gasteiger partial charge >= 0.3 is 0 Å². The van der Waals surface area contributed by atoms with Crippen molar-refractivity contribution in [3.05, 3.63) is 35.4 Å². The highest BCUT2D eigenvalue weighted by Crippen LogP contribution is 2.49. The smallest absolute Gasteiger partial charge is 0.165 e. The van der Waals surface area contributed by atoms with Gasteiger partial charge in [-0.1, -0.05) is 24.3 Å². The number of benzene rings is 2. The maximum absolute atomic E-state index is 5.98. The van der Waals surface area contributed by atoms with E-state index in [0.717, 1.165) is 24.3 Å². The van der Waals surface area contributed by atoms with Crippen molar-refractivity contribution in [3.8, 4) is 11.5 Å². The normalized spacial score (nSPS) is 24.6. The lowest BCUT2D eigenvalue weighted by atomic mass is 9.95. The molecule has 0 aromatic heterocycles. The number of hydrogen-bond acceptors (Lipinski definition) is 2. The third-order valence-corrected chi connectivity index (χ3v) is 3.95. The molecule has 18 heavy (non-hydrogen) atoms. The summed E-state index contributed by atoms with van der Waals surface area (Å²) in [6.07, 6.45) is 2.49. The van der Waals surface area contributed by atoms with E-state index in [0.29, 0.717) is 0 Å². The highest BCUT2D eigenvalue weighted by atomic mass is 16.5. The molecule has 0 N–H and O–H groups in total. The predicted octanol–water partition coefficient (Wildman–Crippen LogP) is 3.49. The van der Waals surface area contributed by atoms with Gasteiger partial charge in [-0.25, -0.2) is 0 Å². The highest BCUT2D eigenvalue weighted by Gasteiger charge is 2.33. The summed E-state index contributed by atoms with van der Waals surface area (Å²) >= 11 is 0. The Kier molecular flexibility index (Phi) is 1.94. The molecule has 2 aliphatic heterocycles. The van der Waals surface area contributed by atoms with Crippen molar-refractivity contribution < 1.29 is 9.47 Å². The van der Waals surface area contributed by atoms with Gasteiger partial charge in [0.1, 0.15) is 12.2 Å². The SMILES string of the molecule is CC1Cc2c(c3c(c4ccccc24)CC(C)O3)O1. The molecule has 4 rings (SSSR count). The van der Waals surface area contributed by atoms with Gasteiger partial charge in [-0.2, -0.15) is 0 Å². The van der Waals surface area contributed by atoms with Crippen LogP contribution in [-0.2, 0) is 12.8 Å². The van der Waals surface area contributed by atoms with Gasteiger partial charge in [0.25, 0.3) is 0 Å². The summed E-state index contributed by atoms with van der Waals surface area (Å²) in [6, 6.07) is 8.63. The summed E-state index contributed by atoms with van der Waals surface area (Å²) in [6.45, 7) is 4.25. The average Bonchev–Trinajstić information content (AvgIpc) is 2.92. The topological polar surface area (TPSA) is 18.5 Å². The molecule has 0 aliphatic carbocycles. The Hall–Kier alpha value is -1.70. The Labute approximate surface area is 107 Å². The van der Waals surface area contributed by atoms with Crippen LogP contribution in [0.1, 0.15) is 25.0 Å². The molecule has 92 valence electrons. The molecule has 0 saturated carbocycles. The molecule has 0 fully saturated rings. The van der Waals surface area contributed by atoms with Crippen molar-refractivity contribution in [2.45, 2.75) is 38.9 Å². The van der Waals surface area contributed by atoms with Crippen molar-refractivity contribution in [2.24, 2.45) is 0 Å². The molecule has 0 saturated heterocycles. The molecule has 0 amide bonds. The van der Waals surface area contributed by atoms with Crippen LogP contribution in [0.15, 0.2) is 24.3 Å². The maximum atomic E-state index is 5.98. The van der Waals surface area contributed by atoms with Crippen LogP contribution in [0, 0.1) is 0 Å². The number of ether oxygens (including phenoxy) is 2. The third-order valence-electron chi connectivity index (χ3n) is 3.95. The molecule has 2 aromatic rings. The minimum atomic E-state index is 0.259. The Balaban J connectivity index is 2.11. The number of hydrogen-bond donors (Lipinski definition) is 0. The van der Waals surface area contributed by atoms with Crippen molar-refractivity contribution >= 4 is 10.8 Å². The fourth-order valence-electron chi connectivity index (χ4n) is 3.24. The summed E-state index contributed by atoms with van der Waals surface area (Å²) in [5, 5.41) is 2.68. The fourth-order valence-corrected chi connectivity index (χ4v) is 3.24. The van der Waals surface area contributed by atoms with Crippen molar-refractivity contribution in [1.82, 2.24) is 0 Å². The van der Waals surface area contributed by atoms with Crippen LogP contribution in [0.4, 0.5) is 0 Å². The van der Waals surface area contributed by atoms with E-state index in [9.17, 15) is 0 Å². The van der Waals surface area contributed by atoms with Gasteiger partial charge in [0.05, 0.1) is 0 Å². The highest BCUT2D eigenvalue weighted by molar-refractivity contribution is 5.94. The molecule has 2 atom stereocenters. The van der Waals surface area contributed by atoms with Crippen LogP contribution in [0.5, 0.6) is 11.5 Å². The lowest BCUT2D eigenvalue weighted by Gasteiger charge is -2.11. The minimum Gasteiger partial charge on any atom is -0.486 e. The second kappa shape index (κ2) is 3.41. The standard InChI is InChI=1S/C16H16O2/c1-9-7-13-11-5-3-4-6-12(11)14-8-10(2)18-16(14)15(13)17-9/h3-6,9-10H,7-8H2,1-2H3. The van der Waals surface area contributed by atoms with Crippen LogP contribution in [-0.4, -0.2) is 12.2 Å². The van der Waals surface area contributed by atoms with Crippen LogP contribution in [0.2, 0.25) is 0 Å². The van der Waals surface area contributed by atoms with E-state index in [2.05, 4.69) is 38.1 Å². The van der Waals surface area contributed by atoms with E-state index in [4.69, 9.17) is 9.47 Å². The Morgan fingerprint density at radius 2 is 1.28 bits per heavy atom. The molecular formula is C16H16O2. The second-order valence-electron chi connectivity index (χ2n) is 5.43. The predicted molar refractivity (Wildman–Crippen MR) is 71.5 cm³/mol. The van der Waals surface area contributed by atoms with E-state index in [1.54, 1.807) is 0 Å². The fraction of sp³-hybridized carbons (Fsp3) is 0.375. The van der Waals surface area contributed by atoms with E-state index in [-0.39, 0.29) is 12.2 Å². The van der Waals surface area contributed by atoms with E-state index < -0.39 is 0 Å². The zero-order chi connectivity index (χ0) is 12.3. The van der Waals surface area contributed by atoms with Crippen LogP contribution >= 0.6 is 0 Å². The summed E-state index contributed by atoms with van der Waals surface area (Å²) < 4.78 is 12.0. The Bertz CT molecular complexity index is 589. The molecule has 0 radical (unpaired) electrons. The lowest BCUT2D eigenvalue weighted by molar-refractivity contribution is 0.217. The van der Waals surface area contributed by atoms with Gasteiger partial charge in [0.2, 0.25) is 0 Å². The van der Waals surface area contributed by atoms with Gasteiger partial charge in [-0.3, -0.25) is 0 Å². The van der Waals surface area contributed by atoms with Gasteiger partial charge in [-0.15, -0.1) is 0 Å². The van der Waals surface area contributed by atoms with Gasteiger partial charge in [-0.05, 0) is 24.6 Å². The number of fused-ring (bicyclic) bond motifs is 6. The molecule has 2 unspecified atom stereocenters. The zero-order valence-corrected chi connectivity index (χ0v) is 10.7. The largest absolute Gasteiger partial charge is 0.486 e. The molecule has 2 nitrogen and oxygen atoms in total. The molecular weight excluding hydrogens is 224 g/mol. The summed E-state index contributed by atoms with van der Waals surface area (Å²) in [4.78, 5) is 0. The van der Waals surface area contributed by atoms with Crippen molar-refractivity contribution in [2.75, 3.05) is 0 Å². The molecule has 2 aliphatic rings. The summed E-state index contributed by atoms with van der Waals surface area (Å²) in [7, 11) is 0. The lowest BCUT2D eigenvalue weighted by Crippen LogP contribution is -2.07. The maximum Gasteiger partial charge on any atom is 0.165 e. The minimum absolute atomic E-state index is 0.259. The quantitative estimate of drug-likeness (QED) is 0.701.